The molecule has 0 amide bonds. The Balaban J connectivity index is 2.45. The molecule has 0 aliphatic heterocycles. The van der Waals surface area contributed by atoms with Crippen molar-refractivity contribution >= 4 is 33.2 Å². The second kappa shape index (κ2) is 5.34. The Morgan fingerprint density at radius 3 is 2.79 bits per heavy atom. The summed E-state index contributed by atoms with van der Waals surface area (Å²) in [5.74, 6) is 0. The highest BCUT2D eigenvalue weighted by Gasteiger charge is 2.14. The zero-order valence-corrected chi connectivity index (χ0v) is 12.9. The van der Waals surface area contributed by atoms with Crippen LogP contribution in [0.3, 0.4) is 0 Å². The van der Waals surface area contributed by atoms with E-state index in [0.29, 0.717) is 6.54 Å². The summed E-state index contributed by atoms with van der Waals surface area (Å²) in [5.41, 5.74) is 7.01. The first-order chi connectivity index (χ1) is 8.95. The van der Waals surface area contributed by atoms with Crippen LogP contribution in [0.1, 0.15) is 18.3 Å². The molecule has 19 heavy (non-hydrogen) atoms. The van der Waals surface area contributed by atoms with Crippen molar-refractivity contribution in [3.63, 3.8) is 0 Å². The monoisotopic (exact) mass is 345 g/mol. The highest BCUT2D eigenvalue weighted by atomic mass is 79.9. The summed E-state index contributed by atoms with van der Waals surface area (Å²) < 4.78 is 4.04. The molecule has 2 heterocycles. The first kappa shape index (κ1) is 14.1. The minimum atomic E-state index is -0.355. The number of anilines is 1. The van der Waals surface area contributed by atoms with Crippen molar-refractivity contribution < 1.29 is 0 Å². The van der Waals surface area contributed by atoms with Gasteiger partial charge in [-0.2, -0.15) is 5.10 Å². The lowest BCUT2D eigenvalue weighted by molar-refractivity contribution is 0.642. The summed E-state index contributed by atoms with van der Waals surface area (Å²) in [4.78, 5) is 15.8. The average Bonchev–Trinajstić information content (AvgIpc) is 2.66. The van der Waals surface area contributed by atoms with Gasteiger partial charge in [-0.3, -0.25) is 14.0 Å². The van der Waals surface area contributed by atoms with E-state index in [4.69, 9.17) is 17.3 Å². The van der Waals surface area contributed by atoms with Crippen LogP contribution >= 0.6 is 27.5 Å². The van der Waals surface area contributed by atoms with Crippen molar-refractivity contribution in [2.75, 3.05) is 5.73 Å². The van der Waals surface area contributed by atoms with Crippen LogP contribution in [-0.2, 0) is 20.0 Å². The van der Waals surface area contributed by atoms with E-state index in [2.05, 4.69) is 26.0 Å². The topological polar surface area (TPSA) is 78.7 Å². The van der Waals surface area contributed by atoms with Gasteiger partial charge in [0.2, 0.25) is 0 Å². The van der Waals surface area contributed by atoms with Gasteiger partial charge in [-0.05, 0) is 22.4 Å². The third-order valence-electron chi connectivity index (χ3n) is 2.85. The van der Waals surface area contributed by atoms with Crippen LogP contribution in [0.15, 0.2) is 15.6 Å². The second-order valence-corrected chi connectivity index (χ2v) is 5.22. The lowest BCUT2D eigenvalue weighted by atomic mass is 10.3. The van der Waals surface area contributed by atoms with Crippen molar-refractivity contribution in [2.24, 2.45) is 7.05 Å². The molecule has 0 bridgehead atoms. The van der Waals surface area contributed by atoms with Crippen molar-refractivity contribution in [1.82, 2.24) is 19.3 Å². The highest BCUT2D eigenvalue weighted by Crippen LogP contribution is 2.22. The maximum Gasteiger partial charge on any atom is 0.278 e. The molecule has 2 rings (SSSR count). The van der Waals surface area contributed by atoms with Crippen molar-refractivity contribution in [3.05, 3.63) is 37.7 Å². The summed E-state index contributed by atoms with van der Waals surface area (Å²) in [6.07, 6.45) is 2.19. The molecule has 0 radical (unpaired) electrons. The Labute approximate surface area is 123 Å². The number of halogens is 2. The molecule has 0 fully saturated rings. The second-order valence-electron chi connectivity index (χ2n) is 4.07. The summed E-state index contributed by atoms with van der Waals surface area (Å²) in [6.45, 7) is 2.35. The molecule has 0 aromatic carbocycles. The summed E-state index contributed by atoms with van der Waals surface area (Å²) in [5, 5.41) is 4.40. The van der Waals surface area contributed by atoms with Crippen LogP contribution in [-0.4, -0.2) is 19.3 Å². The fourth-order valence-corrected chi connectivity index (χ4v) is 2.62. The largest absolute Gasteiger partial charge is 0.392 e. The summed E-state index contributed by atoms with van der Waals surface area (Å²) >= 11 is 9.20. The molecule has 0 saturated heterocycles. The van der Waals surface area contributed by atoms with Crippen molar-refractivity contribution in [2.45, 2.75) is 19.9 Å². The molecule has 6 nitrogen and oxygen atoms in total. The predicted octanol–water partition coefficient (Wildman–Crippen LogP) is 1.59. The SMILES string of the molecule is CCc1nn(C)c(Cn2cnc(Cl)c(N)c2=O)c1Br. The van der Waals surface area contributed by atoms with Crippen LogP contribution < -0.4 is 11.3 Å². The average molecular weight is 347 g/mol. The quantitative estimate of drug-likeness (QED) is 0.856. The number of rotatable bonds is 3. The number of aromatic nitrogens is 4. The number of nitrogens with two attached hydrogens (primary N) is 1. The smallest absolute Gasteiger partial charge is 0.278 e. The van der Waals surface area contributed by atoms with Gasteiger partial charge in [0, 0.05) is 7.05 Å². The van der Waals surface area contributed by atoms with Gasteiger partial charge in [0.05, 0.1) is 28.7 Å². The fraction of sp³-hybridized carbons (Fsp3) is 0.364. The molecule has 2 N–H and O–H groups in total. The zero-order valence-electron chi connectivity index (χ0n) is 10.5. The Bertz CT molecular complexity index is 678. The summed E-state index contributed by atoms with van der Waals surface area (Å²) in [7, 11) is 1.83. The third kappa shape index (κ3) is 2.52. The van der Waals surface area contributed by atoms with E-state index in [1.165, 1.54) is 10.9 Å². The maximum absolute atomic E-state index is 12.0. The molecule has 102 valence electrons. The molecule has 0 unspecified atom stereocenters. The molecule has 2 aromatic rings. The molecule has 0 saturated carbocycles. The van der Waals surface area contributed by atoms with Crippen molar-refractivity contribution in [1.29, 1.82) is 0 Å². The Hall–Kier alpha value is -1.34. The van der Waals surface area contributed by atoms with E-state index in [1.54, 1.807) is 4.68 Å². The van der Waals surface area contributed by atoms with E-state index >= 15 is 0 Å². The van der Waals surface area contributed by atoms with E-state index in [9.17, 15) is 4.79 Å². The molecular formula is C11H13BrClN5O. The van der Waals surface area contributed by atoms with Gasteiger partial charge in [-0.25, -0.2) is 4.98 Å². The molecule has 2 aromatic heterocycles. The molecule has 8 heteroatoms. The molecule has 0 aliphatic carbocycles. The minimum Gasteiger partial charge on any atom is -0.392 e. The number of hydrogen-bond donors (Lipinski definition) is 1. The highest BCUT2D eigenvalue weighted by molar-refractivity contribution is 9.10. The van der Waals surface area contributed by atoms with E-state index in [1.807, 2.05) is 14.0 Å². The van der Waals surface area contributed by atoms with Gasteiger partial charge in [0.1, 0.15) is 5.69 Å². The minimum absolute atomic E-state index is 0.0274. The molecule has 0 spiro atoms. The molecule has 0 aliphatic rings. The summed E-state index contributed by atoms with van der Waals surface area (Å²) in [6, 6.07) is 0. The Kier molecular flexibility index (Phi) is 3.96. The van der Waals surface area contributed by atoms with E-state index < -0.39 is 0 Å². The van der Waals surface area contributed by atoms with Crippen LogP contribution in [0, 0.1) is 0 Å². The van der Waals surface area contributed by atoms with Gasteiger partial charge in [-0.1, -0.05) is 18.5 Å². The number of nitrogens with zero attached hydrogens (tertiary/aromatic N) is 4. The van der Waals surface area contributed by atoms with Crippen LogP contribution in [0.4, 0.5) is 5.69 Å². The van der Waals surface area contributed by atoms with Gasteiger partial charge < -0.3 is 5.73 Å². The fourth-order valence-electron chi connectivity index (χ4n) is 1.75. The van der Waals surface area contributed by atoms with E-state index in [0.717, 1.165) is 22.3 Å². The Morgan fingerprint density at radius 2 is 2.21 bits per heavy atom. The third-order valence-corrected chi connectivity index (χ3v) is 4.06. The standard InChI is InChI=1S/C11H13BrClN5O/c1-3-6-8(12)7(17(2)16-6)4-18-5-15-10(13)9(14)11(18)19/h5H,3-4,14H2,1-2H3. The number of hydrogen-bond acceptors (Lipinski definition) is 4. The zero-order chi connectivity index (χ0) is 14.2. The van der Waals surface area contributed by atoms with Crippen LogP contribution in [0.2, 0.25) is 5.15 Å². The molecule has 0 atom stereocenters. The molecular weight excluding hydrogens is 334 g/mol. The van der Waals surface area contributed by atoms with Crippen LogP contribution in [0.5, 0.6) is 0 Å². The number of aryl methyl sites for hydroxylation is 2. The Morgan fingerprint density at radius 1 is 1.53 bits per heavy atom. The first-order valence-corrected chi connectivity index (χ1v) is 6.83. The lowest BCUT2D eigenvalue weighted by Crippen LogP contribution is -2.25. The normalized spacial score (nSPS) is 10.9. The number of nitrogen functional groups attached to an aromatic ring is 1. The van der Waals surface area contributed by atoms with E-state index in [-0.39, 0.29) is 16.4 Å². The predicted molar refractivity (Wildman–Crippen MR) is 77.3 cm³/mol. The van der Waals surface area contributed by atoms with Gasteiger partial charge in [0.25, 0.3) is 5.56 Å². The van der Waals surface area contributed by atoms with Gasteiger partial charge in [-0.15, -0.1) is 0 Å². The first-order valence-electron chi connectivity index (χ1n) is 5.66. The van der Waals surface area contributed by atoms with Gasteiger partial charge in [0.15, 0.2) is 5.15 Å². The van der Waals surface area contributed by atoms with Crippen LogP contribution in [0.25, 0.3) is 0 Å². The van der Waals surface area contributed by atoms with Crippen molar-refractivity contribution in [3.8, 4) is 0 Å². The lowest BCUT2D eigenvalue weighted by Gasteiger charge is -2.07. The maximum atomic E-state index is 12.0. The van der Waals surface area contributed by atoms with Gasteiger partial charge >= 0.3 is 0 Å².